The summed E-state index contributed by atoms with van der Waals surface area (Å²) in [5, 5.41) is 0.867. The second-order valence-corrected chi connectivity index (χ2v) is 6.20. The summed E-state index contributed by atoms with van der Waals surface area (Å²) in [5.74, 6) is 1.55. The summed E-state index contributed by atoms with van der Waals surface area (Å²) in [7, 11) is 0. The predicted molar refractivity (Wildman–Crippen MR) is 84.8 cm³/mol. The fourth-order valence-corrected chi connectivity index (χ4v) is 2.83. The topological polar surface area (TPSA) is 55.3 Å². The van der Waals surface area contributed by atoms with Gasteiger partial charge in [0.2, 0.25) is 11.8 Å². The molecule has 2 rings (SSSR count). The summed E-state index contributed by atoms with van der Waals surface area (Å²) >= 11 is 3.36. The molecule has 5 nitrogen and oxygen atoms in total. The van der Waals surface area contributed by atoms with E-state index in [9.17, 15) is 4.79 Å². The summed E-state index contributed by atoms with van der Waals surface area (Å²) in [6, 6.07) is 1.85. The number of ether oxygens (including phenoxy) is 1. The van der Waals surface area contributed by atoms with Crippen LogP contribution in [0.2, 0.25) is 0 Å². The maximum absolute atomic E-state index is 12.1. The third kappa shape index (κ3) is 4.95. The lowest BCUT2D eigenvalue weighted by Gasteiger charge is -2.32. The first-order valence-electron chi connectivity index (χ1n) is 7.41. The molecule has 1 aromatic heterocycles. The van der Waals surface area contributed by atoms with Gasteiger partial charge in [-0.15, -0.1) is 0 Å². The predicted octanol–water partition coefficient (Wildman–Crippen LogP) is 2.64. The molecule has 116 valence electrons. The van der Waals surface area contributed by atoms with Crippen molar-refractivity contribution in [2.24, 2.45) is 0 Å². The lowest BCUT2D eigenvalue weighted by Crippen LogP contribution is -2.44. The highest BCUT2D eigenvalue weighted by Gasteiger charge is 2.24. The molecule has 1 fully saturated rings. The lowest BCUT2D eigenvalue weighted by atomic mass is 10.1. The number of halogens is 1. The first kappa shape index (κ1) is 16.2. The molecular weight excluding hydrogens is 334 g/mol. The molecular formula is C15H22BrN3O2. The number of aryl methyl sites for hydroxylation is 2. The lowest BCUT2D eigenvalue weighted by molar-refractivity contribution is -0.133. The van der Waals surface area contributed by atoms with Crippen molar-refractivity contribution in [3.05, 3.63) is 17.6 Å². The van der Waals surface area contributed by atoms with Gasteiger partial charge in [0.15, 0.2) is 0 Å². The van der Waals surface area contributed by atoms with Crippen molar-refractivity contribution in [1.82, 2.24) is 14.9 Å². The van der Waals surface area contributed by atoms with Crippen LogP contribution in [0.5, 0.6) is 5.88 Å². The minimum absolute atomic E-state index is 0.0281. The van der Waals surface area contributed by atoms with Crippen LogP contribution in [-0.4, -0.2) is 45.3 Å². The summed E-state index contributed by atoms with van der Waals surface area (Å²) in [6.45, 7) is 5.28. The standard InChI is InChI=1S/C15H22BrN3O2/c1-11-9-14(18-12(2)17-11)21-13-5-4-8-19(10-13)15(20)6-3-7-16/h9,13H,3-8,10H2,1-2H3. The number of piperidine rings is 1. The van der Waals surface area contributed by atoms with Crippen LogP contribution in [0.4, 0.5) is 0 Å². The van der Waals surface area contributed by atoms with Gasteiger partial charge >= 0.3 is 0 Å². The number of alkyl halides is 1. The zero-order chi connectivity index (χ0) is 15.2. The summed E-state index contributed by atoms with van der Waals surface area (Å²) in [4.78, 5) is 22.6. The Labute approximate surface area is 134 Å². The molecule has 0 aliphatic carbocycles. The minimum Gasteiger partial charge on any atom is -0.472 e. The highest BCUT2D eigenvalue weighted by molar-refractivity contribution is 9.09. The number of likely N-dealkylation sites (tertiary alicyclic amines) is 1. The van der Waals surface area contributed by atoms with Crippen LogP contribution < -0.4 is 4.74 Å². The molecule has 1 atom stereocenters. The Morgan fingerprint density at radius 2 is 2.29 bits per heavy atom. The first-order valence-corrected chi connectivity index (χ1v) is 8.53. The van der Waals surface area contributed by atoms with Crippen molar-refractivity contribution in [3.8, 4) is 5.88 Å². The maximum Gasteiger partial charge on any atom is 0.222 e. The molecule has 1 aliphatic rings. The van der Waals surface area contributed by atoms with Crippen molar-refractivity contribution in [3.63, 3.8) is 0 Å². The summed E-state index contributed by atoms with van der Waals surface area (Å²) in [6.07, 6.45) is 3.45. The molecule has 6 heteroatoms. The highest BCUT2D eigenvalue weighted by Crippen LogP contribution is 2.18. The Morgan fingerprint density at radius 1 is 1.48 bits per heavy atom. The molecule has 0 spiro atoms. The van der Waals surface area contributed by atoms with Gasteiger partial charge in [0, 0.05) is 30.1 Å². The summed E-state index contributed by atoms with van der Waals surface area (Å²) < 4.78 is 5.95. The van der Waals surface area contributed by atoms with E-state index in [0.29, 0.717) is 24.7 Å². The van der Waals surface area contributed by atoms with Crippen molar-refractivity contribution < 1.29 is 9.53 Å². The maximum atomic E-state index is 12.1. The average Bonchev–Trinajstić information content (AvgIpc) is 2.44. The molecule has 0 radical (unpaired) electrons. The van der Waals surface area contributed by atoms with Crippen LogP contribution in [-0.2, 0) is 4.79 Å². The molecule has 2 heterocycles. The van der Waals surface area contributed by atoms with Crippen molar-refractivity contribution >= 4 is 21.8 Å². The third-order valence-electron chi connectivity index (χ3n) is 3.49. The van der Waals surface area contributed by atoms with Crippen molar-refractivity contribution in [2.75, 3.05) is 18.4 Å². The van der Waals surface area contributed by atoms with Gasteiger partial charge in [-0.05, 0) is 33.1 Å². The van der Waals surface area contributed by atoms with Gasteiger partial charge in [-0.2, -0.15) is 4.98 Å². The molecule has 1 aromatic rings. The zero-order valence-electron chi connectivity index (χ0n) is 12.6. The first-order chi connectivity index (χ1) is 10.1. The second-order valence-electron chi connectivity index (χ2n) is 5.41. The third-order valence-corrected chi connectivity index (χ3v) is 4.05. The number of aromatic nitrogens is 2. The molecule has 0 aromatic carbocycles. The number of carbonyl (C=O) groups excluding carboxylic acids is 1. The number of carbonyl (C=O) groups is 1. The SMILES string of the molecule is Cc1cc(OC2CCCN(C(=O)CCCBr)C2)nc(C)n1. The van der Waals surface area contributed by atoms with Gasteiger partial charge in [-0.3, -0.25) is 4.79 Å². The Morgan fingerprint density at radius 3 is 3.00 bits per heavy atom. The molecule has 0 saturated carbocycles. The summed E-state index contributed by atoms with van der Waals surface area (Å²) in [5.41, 5.74) is 0.901. The fourth-order valence-electron chi connectivity index (χ4n) is 2.55. The van der Waals surface area contributed by atoms with Crippen LogP contribution in [0, 0.1) is 13.8 Å². The smallest absolute Gasteiger partial charge is 0.222 e. The van der Waals surface area contributed by atoms with Gasteiger partial charge in [0.25, 0.3) is 0 Å². The van der Waals surface area contributed by atoms with Crippen LogP contribution >= 0.6 is 15.9 Å². The van der Waals surface area contributed by atoms with E-state index < -0.39 is 0 Å². The zero-order valence-corrected chi connectivity index (χ0v) is 14.2. The number of rotatable bonds is 5. The molecule has 1 saturated heterocycles. The van der Waals surface area contributed by atoms with E-state index in [2.05, 4.69) is 25.9 Å². The molecule has 0 N–H and O–H groups in total. The van der Waals surface area contributed by atoms with Gasteiger partial charge in [-0.25, -0.2) is 4.98 Å². The molecule has 1 unspecified atom stereocenters. The van der Waals surface area contributed by atoms with Crippen LogP contribution in [0.3, 0.4) is 0 Å². The monoisotopic (exact) mass is 355 g/mol. The highest BCUT2D eigenvalue weighted by atomic mass is 79.9. The van der Waals surface area contributed by atoms with Gasteiger partial charge in [0.05, 0.1) is 6.54 Å². The number of hydrogen-bond acceptors (Lipinski definition) is 4. The molecule has 1 amide bonds. The van der Waals surface area contributed by atoms with Gasteiger partial charge in [0.1, 0.15) is 11.9 Å². The van der Waals surface area contributed by atoms with E-state index in [1.165, 1.54) is 0 Å². The largest absolute Gasteiger partial charge is 0.472 e. The average molecular weight is 356 g/mol. The fraction of sp³-hybridized carbons (Fsp3) is 0.667. The van der Waals surface area contributed by atoms with Crippen molar-refractivity contribution in [1.29, 1.82) is 0 Å². The van der Waals surface area contributed by atoms with Crippen LogP contribution in [0.15, 0.2) is 6.07 Å². The van der Waals surface area contributed by atoms with E-state index in [4.69, 9.17) is 4.74 Å². The second kappa shape index (κ2) is 7.73. The quantitative estimate of drug-likeness (QED) is 0.761. The molecule has 0 bridgehead atoms. The Balaban J connectivity index is 1.93. The molecule has 1 aliphatic heterocycles. The van der Waals surface area contributed by atoms with E-state index in [1.807, 2.05) is 24.8 Å². The van der Waals surface area contributed by atoms with Crippen LogP contribution in [0.1, 0.15) is 37.2 Å². The number of nitrogens with zero attached hydrogens (tertiary/aromatic N) is 3. The minimum atomic E-state index is 0.0281. The van der Waals surface area contributed by atoms with Crippen LogP contribution in [0.25, 0.3) is 0 Å². The van der Waals surface area contributed by atoms with E-state index >= 15 is 0 Å². The Kier molecular flexibility index (Phi) is 5.96. The molecule has 21 heavy (non-hydrogen) atoms. The number of hydrogen-bond donors (Lipinski definition) is 0. The van der Waals surface area contributed by atoms with E-state index in [-0.39, 0.29) is 12.0 Å². The van der Waals surface area contributed by atoms with Gasteiger partial charge < -0.3 is 9.64 Å². The Bertz CT molecular complexity index is 476. The Hall–Kier alpha value is -1.17. The van der Waals surface area contributed by atoms with Gasteiger partial charge in [-0.1, -0.05) is 15.9 Å². The normalized spacial score (nSPS) is 18.6. The van der Waals surface area contributed by atoms with E-state index in [1.54, 1.807) is 0 Å². The van der Waals surface area contributed by atoms with Crippen molar-refractivity contribution in [2.45, 2.75) is 45.6 Å². The van der Waals surface area contributed by atoms with E-state index in [0.717, 1.165) is 36.8 Å². The number of amides is 1.